The number of aliphatic hydroxyl groups is 2. The highest BCUT2D eigenvalue weighted by Crippen LogP contribution is 2.60. The Hall–Kier alpha value is -1.22. The highest BCUT2D eigenvalue weighted by Gasteiger charge is 2.61. The van der Waals surface area contributed by atoms with E-state index in [1.165, 1.54) is 13.8 Å². The van der Waals surface area contributed by atoms with Crippen LogP contribution in [0.25, 0.3) is 0 Å². The average molecular weight is 595 g/mol. The third kappa shape index (κ3) is 6.03. The third-order valence-electron chi connectivity index (χ3n) is 12.3. The average Bonchev–Trinajstić information content (AvgIpc) is 3.00. The topological polar surface area (TPSA) is 112 Å². The van der Waals surface area contributed by atoms with E-state index >= 15 is 0 Å². The summed E-state index contributed by atoms with van der Waals surface area (Å²) in [6, 6.07) is 0. The lowest BCUT2D eigenvalue weighted by Gasteiger charge is -2.58. The molecule has 0 aromatic heterocycles. The molecule has 4 rings (SSSR count). The predicted molar refractivity (Wildman–Crippen MR) is 160 cm³/mol. The molecule has 0 radical (unpaired) electrons. The molecule has 2 N–H and O–H groups in total. The highest BCUT2D eigenvalue weighted by molar-refractivity contribution is 5.67. The first-order chi connectivity index (χ1) is 19.2. The van der Waals surface area contributed by atoms with Crippen LogP contribution in [0.1, 0.15) is 133 Å². The van der Waals surface area contributed by atoms with Gasteiger partial charge in [-0.15, -0.1) is 0 Å². The van der Waals surface area contributed by atoms with Gasteiger partial charge in [0, 0.05) is 36.5 Å². The Labute approximate surface area is 253 Å². The monoisotopic (exact) mass is 594 g/mol. The van der Waals surface area contributed by atoms with E-state index in [1.807, 2.05) is 27.7 Å². The van der Waals surface area contributed by atoms with Crippen molar-refractivity contribution >= 4 is 11.9 Å². The zero-order chi connectivity index (χ0) is 31.5. The number of hydrogen-bond acceptors (Lipinski definition) is 8. The second-order valence-electron chi connectivity index (χ2n) is 16.1. The Morgan fingerprint density at radius 1 is 0.619 bits per heavy atom. The molecule has 8 heteroatoms. The van der Waals surface area contributed by atoms with Gasteiger partial charge in [0.25, 0.3) is 0 Å². The summed E-state index contributed by atoms with van der Waals surface area (Å²) in [6.07, 6.45) is 5.78. The first-order valence-corrected chi connectivity index (χ1v) is 16.3. The van der Waals surface area contributed by atoms with E-state index in [4.69, 9.17) is 18.9 Å². The molecule has 2 aliphatic carbocycles. The summed E-state index contributed by atoms with van der Waals surface area (Å²) in [7, 11) is 0. The van der Waals surface area contributed by atoms with Crippen LogP contribution in [0.5, 0.6) is 0 Å². The number of rotatable bonds is 5. The molecule has 2 heterocycles. The van der Waals surface area contributed by atoms with Crippen LogP contribution in [0, 0.1) is 22.7 Å². The largest absolute Gasteiger partial charge is 0.459 e. The molecule has 2 saturated carbocycles. The Morgan fingerprint density at radius 3 is 1.26 bits per heavy atom. The van der Waals surface area contributed by atoms with Gasteiger partial charge in [0.05, 0.1) is 35.6 Å². The first-order valence-electron chi connectivity index (χ1n) is 16.3. The maximum atomic E-state index is 12.5. The molecule has 242 valence electrons. The number of ether oxygens (including phenoxy) is 4. The molecular formula is C34H58O8. The lowest BCUT2D eigenvalue weighted by atomic mass is 9.53. The standard InChI is InChI=1S/C34H58O8/c1-21(35)39-33(9)19-15-27-31(7,17-13-25(37)29(3,4)41-27)23(33)11-12-24-32(8)18-14-26(38)30(5,6)42-28(32)16-20-34(24,10)40-22(2)36/h23-28,37-38H,11-20H2,1-10H3. The van der Waals surface area contributed by atoms with Gasteiger partial charge in [-0.2, -0.15) is 0 Å². The first kappa shape index (κ1) is 33.7. The lowest BCUT2D eigenvalue weighted by molar-refractivity contribution is -0.229. The fourth-order valence-corrected chi connectivity index (χ4v) is 9.73. The molecule has 42 heavy (non-hydrogen) atoms. The van der Waals surface area contributed by atoms with Crippen molar-refractivity contribution in [2.75, 3.05) is 0 Å². The molecule has 0 aromatic rings. The Kier molecular flexibility index (Phi) is 9.05. The van der Waals surface area contributed by atoms with Crippen LogP contribution in [-0.4, -0.2) is 69.0 Å². The van der Waals surface area contributed by atoms with Crippen LogP contribution >= 0.6 is 0 Å². The van der Waals surface area contributed by atoms with Crippen molar-refractivity contribution in [3.63, 3.8) is 0 Å². The minimum absolute atomic E-state index is 0.0342. The van der Waals surface area contributed by atoms with Crippen molar-refractivity contribution < 1.29 is 38.7 Å². The second kappa shape index (κ2) is 11.3. The molecule has 0 spiro atoms. The molecule has 10 atom stereocenters. The van der Waals surface area contributed by atoms with Crippen LogP contribution in [-0.2, 0) is 28.5 Å². The van der Waals surface area contributed by atoms with E-state index in [0.717, 1.165) is 38.5 Å². The zero-order valence-corrected chi connectivity index (χ0v) is 27.9. The molecule has 4 aliphatic rings. The minimum Gasteiger partial charge on any atom is -0.459 e. The maximum Gasteiger partial charge on any atom is 0.303 e. The minimum atomic E-state index is -0.690. The van der Waals surface area contributed by atoms with Gasteiger partial charge in [-0.3, -0.25) is 9.59 Å². The van der Waals surface area contributed by atoms with Crippen LogP contribution in [0.15, 0.2) is 0 Å². The molecule has 8 nitrogen and oxygen atoms in total. The summed E-state index contributed by atoms with van der Waals surface area (Å²) in [6.45, 7) is 19.5. The molecule has 0 amide bonds. The Bertz CT molecular complexity index is 945. The summed E-state index contributed by atoms with van der Waals surface area (Å²) >= 11 is 0. The molecule has 2 saturated heterocycles. The SMILES string of the molecule is CC(=O)OC1(C)CCC2OC(C)(C)C(O)CCC2(C)C1CCC1C(C)(OC(C)=O)CCC2OC(C)(C)C(O)CCC21C. The number of carbonyl (C=O) groups excluding carboxylic acids is 2. The van der Waals surface area contributed by atoms with Crippen molar-refractivity contribution in [3.8, 4) is 0 Å². The van der Waals surface area contributed by atoms with Crippen LogP contribution < -0.4 is 0 Å². The molecule has 0 aromatic carbocycles. The van der Waals surface area contributed by atoms with Gasteiger partial charge in [-0.05, 0) is 106 Å². The summed E-state index contributed by atoms with van der Waals surface area (Å²) < 4.78 is 25.7. The summed E-state index contributed by atoms with van der Waals surface area (Å²) in [5.41, 5.74) is -3.36. The molecule has 4 fully saturated rings. The van der Waals surface area contributed by atoms with Crippen molar-refractivity contribution in [1.82, 2.24) is 0 Å². The third-order valence-corrected chi connectivity index (χ3v) is 12.3. The number of esters is 2. The van der Waals surface area contributed by atoms with E-state index in [9.17, 15) is 19.8 Å². The quantitative estimate of drug-likeness (QED) is 0.380. The maximum absolute atomic E-state index is 12.5. The van der Waals surface area contributed by atoms with Gasteiger partial charge >= 0.3 is 11.9 Å². The van der Waals surface area contributed by atoms with E-state index in [-0.39, 0.29) is 46.8 Å². The second-order valence-corrected chi connectivity index (χ2v) is 16.1. The molecule has 10 unspecified atom stereocenters. The van der Waals surface area contributed by atoms with Crippen LogP contribution in [0.2, 0.25) is 0 Å². The van der Waals surface area contributed by atoms with E-state index in [2.05, 4.69) is 27.7 Å². The normalized spacial score (nSPS) is 46.8. The van der Waals surface area contributed by atoms with Crippen molar-refractivity contribution in [2.45, 2.75) is 180 Å². The Morgan fingerprint density at radius 2 is 0.952 bits per heavy atom. The molecule has 2 aliphatic heterocycles. The zero-order valence-electron chi connectivity index (χ0n) is 27.9. The van der Waals surface area contributed by atoms with Gasteiger partial charge < -0.3 is 29.2 Å². The summed E-state index contributed by atoms with van der Waals surface area (Å²) in [5, 5.41) is 22.0. The summed E-state index contributed by atoms with van der Waals surface area (Å²) in [4.78, 5) is 24.9. The van der Waals surface area contributed by atoms with Gasteiger partial charge in [-0.1, -0.05) is 13.8 Å². The number of carbonyl (C=O) groups is 2. The summed E-state index contributed by atoms with van der Waals surface area (Å²) in [5.74, 6) is -0.648. The van der Waals surface area contributed by atoms with Crippen molar-refractivity contribution in [1.29, 1.82) is 0 Å². The fraction of sp³-hybridized carbons (Fsp3) is 0.941. The van der Waals surface area contributed by atoms with E-state index in [0.29, 0.717) is 25.7 Å². The van der Waals surface area contributed by atoms with E-state index in [1.54, 1.807) is 0 Å². The number of fused-ring (bicyclic) bond motifs is 2. The van der Waals surface area contributed by atoms with Gasteiger partial charge in [0.15, 0.2) is 0 Å². The van der Waals surface area contributed by atoms with Gasteiger partial charge in [0.1, 0.15) is 11.2 Å². The Balaban J connectivity index is 1.74. The van der Waals surface area contributed by atoms with Crippen molar-refractivity contribution in [3.05, 3.63) is 0 Å². The number of aliphatic hydroxyl groups excluding tert-OH is 2. The molecule has 0 bridgehead atoms. The predicted octanol–water partition coefficient (Wildman–Crippen LogP) is 5.88. The van der Waals surface area contributed by atoms with Gasteiger partial charge in [-0.25, -0.2) is 0 Å². The van der Waals surface area contributed by atoms with E-state index < -0.39 is 34.6 Å². The van der Waals surface area contributed by atoms with Crippen LogP contribution in [0.3, 0.4) is 0 Å². The van der Waals surface area contributed by atoms with Crippen LogP contribution in [0.4, 0.5) is 0 Å². The number of hydrogen-bond donors (Lipinski definition) is 2. The smallest absolute Gasteiger partial charge is 0.303 e. The highest BCUT2D eigenvalue weighted by atomic mass is 16.6. The fourth-order valence-electron chi connectivity index (χ4n) is 9.73. The molecular weight excluding hydrogens is 536 g/mol. The lowest BCUT2D eigenvalue weighted by Crippen LogP contribution is -2.60. The van der Waals surface area contributed by atoms with Crippen molar-refractivity contribution in [2.24, 2.45) is 22.7 Å². The van der Waals surface area contributed by atoms with Gasteiger partial charge in [0.2, 0.25) is 0 Å².